The SMILES string of the molecule is CC1CC1C(=O)N1C[C@H]2CCN[C@H]2C1. The number of carbonyl (C=O) groups is 1. The van der Waals surface area contributed by atoms with Crippen LogP contribution in [0.3, 0.4) is 0 Å². The summed E-state index contributed by atoms with van der Waals surface area (Å²) in [5.74, 6) is 2.19. The summed E-state index contributed by atoms with van der Waals surface area (Å²) in [5, 5.41) is 3.48. The van der Waals surface area contributed by atoms with Crippen LogP contribution >= 0.6 is 0 Å². The average molecular weight is 194 g/mol. The maximum atomic E-state index is 11.9. The van der Waals surface area contributed by atoms with E-state index >= 15 is 0 Å². The topological polar surface area (TPSA) is 32.3 Å². The van der Waals surface area contributed by atoms with Gasteiger partial charge in [-0.1, -0.05) is 6.92 Å². The molecule has 0 spiro atoms. The maximum absolute atomic E-state index is 11.9. The molecule has 1 saturated carbocycles. The second kappa shape index (κ2) is 2.96. The van der Waals surface area contributed by atoms with Gasteiger partial charge in [-0.3, -0.25) is 4.79 Å². The number of carbonyl (C=O) groups excluding carboxylic acids is 1. The average Bonchev–Trinajstić information content (AvgIpc) is 2.62. The zero-order valence-electron chi connectivity index (χ0n) is 8.70. The predicted molar refractivity (Wildman–Crippen MR) is 53.7 cm³/mol. The molecule has 3 aliphatic rings. The Morgan fingerprint density at radius 3 is 2.86 bits per heavy atom. The molecular formula is C11H18N2O. The molecule has 2 aliphatic heterocycles. The lowest BCUT2D eigenvalue weighted by Gasteiger charge is -2.17. The van der Waals surface area contributed by atoms with Crippen LogP contribution in [0.25, 0.3) is 0 Å². The highest BCUT2D eigenvalue weighted by molar-refractivity contribution is 5.82. The second-order valence-electron chi connectivity index (χ2n) is 5.17. The molecule has 2 saturated heterocycles. The van der Waals surface area contributed by atoms with Gasteiger partial charge in [-0.15, -0.1) is 0 Å². The Morgan fingerprint density at radius 2 is 2.21 bits per heavy atom. The minimum absolute atomic E-state index is 0.369. The van der Waals surface area contributed by atoms with Crippen LogP contribution in [-0.2, 0) is 4.79 Å². The minimum Gasteiger partial charge on any atom is -0.341 e. The molecule has 3 nitrogen and oxygen atoms in total. The molecule has 0 radical (unpaired) electrons. The number of hydrogen-bond donors (Lipinski definition) is 1. The van der Waals surface area contributed by atoms with Gasteiger partial charge in [0.25, 0.3) is 0 Å². The van der Waals surface area contributed by atoms with E-state index in [1.807, 2.05) is 0 Å². The monoisotopic (exact) mass is 194 g/mol. The molecule has 1 N–H and O–H groups in total. The van der Waals surface area contributed by atoms with Gasteiger partial charge in [-0.2, -0.15) is 0 Å². The summed E-state index contributed by atoms with van der Waals surface area (Å²) in [6.07, 6.45) is 2.38. The fraction of sp³-hybridized carbons (Fsp3) is 0.909. The van der Waals surface area contributed by atoms with E-state index < -0.39 is 0 Å². The van der Waals surface area contributed by atoms with E-state index in [4.69, 9.17) is 0 Å². The molecule has 1 aliphatic carbocycles. The Hall–Kier alpha value is -0.570. The van der Waals surface area contributed by atoms with Gasteiger partial charge >= 0.3 is 0 Å². The smallest absolute Gasteiger partial charge is 0.226 e. The van der Waals surface area contributed by atoms with Crippen molar-refractivity contribution in [3.05, 3.63) is 0 Å². The molecule has 2 heterocycles. The highest BCUT2D eigenvalue weighted by Crippen LogP contribution is 2.40. The van der Waals surface area contributed by atoms with Crippen LogP contribution in [0, 0.1) is 17.8 Å². The van der Waals surface area contributed by atoms with E-state index in [1.165, 1.54) is 6.42 Å². The molecule has 1 amide bonds. The number of amides is 1. The van der Waals surface area contributed by atoms with E-state index in [1.54, 1.807) is 0 Å². The molecular weight excluding hydrogens is 176 g/mol. The van der Waals surface area contributed by atoms with Crippen molar-refractivity contribution in [2.75, 3.05) is 19.6 Å². The molecule has 3 heteroatoms. The van der Waals surface area contributed by atoms with Gasteiger partial charge in [-0.25, -0.2) is 0 Å². The standard InChI is InChI=1S/C11H18N2O/c1-7-4-9(7)11(14)13-5-8-2-3-12-10(8)6-13/h7-10,12H,2-6H2,1H3/t7?,8-,9?,10+/m1/s1. The Kier molecular flexibility index (Phi) is 1.84. The molecule has 3 rings (SSSR count). The third kappa shape index (κ3) is 1.26. The Balaban J connectivity index is 1.62. The number of hydrogen-bond acceptors (Lipinski definition) is 2. The Bertz CT molecular complexity index is 254. The first kappa shape index (κ1) is 8.72. The molecule has 4 atom stereocenters. The molecule has 14 heavy (non-hydrogen) atoms. The highest BCUT2D eigenvalue weighted by atomic mass is 16.2. The van der Waals surface area contributed by atoms with E-state index in [-0.39, 0.29) is 0 Å². The minimum atomic E-state index is 0.369. The van der Waals surface area contributed by atoms with Crippen LogP contribution in [0.15, 0.2) is 0 Å². The molecule has 0 aromatic heterocycles. The van der Waals surface area contributed by atoms with E-state index in [9.17, 15) is 4.79 Å². The van der Waals surface area contributed by atoms with E-state index in [0.29, 0.717) is 23.8 Å². The van der Waals surface area contributed by atoms with Gasteiger partial charge in [0.15, 0.2) is 0 Å². The van der Waals surface area contributed by atoms with Crippen LogP contribution in [0.2, 0.25) is 0 Å². The van der Waals surface area contributed by atoms with E-state index in [2.05, 4.69) is 17.1 Å². The first-order valence-corrected chi connectivity index (χ1v) is 5.78. The lowest BCUT2D eigenvalue weighted by Crippen LogP contribution is -2.35. The number of nitrogens with one attached hydrogen (secondary N) is 1. The summed E-state index contributed by atoms with van der Waals surface area (Å²) in [4.78, 5) is 14.0. The molecule has 0 aromatic carbocycles. The van der Waals surface area contributed by atoms with Crippen molar-refractivity contribution in [1.82, 2.24) is 10.2 Å². The van der Waals surface area contributed by atoms with Crippen molar-refractivity contribution < 1.29 is 4.79 Å². The van der Waals surface area contributed by atoms with Gasteiger partial charge in [-0.05, 0) is 31.2 Å². The third-order valence-corrected chi connectivity index (χ3v) is 4.10. The van der Waals surface area contributed by atoms with Crippen molar-refractivity contribution in [2.45, 2.75) is 25.8 Å². The Labute approximate surface area is 84.8 Å². The zero-order valence-corrected chi connectivity index (χ0v) is 8.70. The van der Waals surface area contributed by atoms with Gasteiger partial charge in [0.1, 0.15) is 0 Å². The van der Waals surface area contributed by atoms with E-state index in [0.717, 1.165) is 32.0 Å². The number of likely N-dealkylation sites (tertiary alicyclic amines) is 1. The zero-order chi connectivity index (χ0) is 9.71. The fourth-order valence-electron chi connectivity index (χ4n) is 2.93. The summed E-state index contributed by atoms with van der Waals surface area (Å²) in [5.41, 5.74) is 0. The van der Waals surface area contributed by atoms with Crippen molar-refractivity contribution >= 4 is 5.91 Å². The van der Waals surface area contributed by atoms with Gasteiger partial charge in [0.2, 0.25) is 5.91 Å². The van der Waals surface area contributed by atoms with Crippen molar-refractivity contribution in [3.8, 4) is 0 Å². The van der Waals surface area contributed by atoms with Crippen LogP contribution in [0.1, 0.15) is 19.8 Å². The quantitative estimate of drug-likeness (QED) is 0.658. The largest absolute Gasteiger partial charge is 0.341 e. The molecule has 0 bridgehead atoms. The second-order valence-corrected chi connectivity index (χ2v) is 5.17. The van der Waals surface area contributed by atoms with Crippen LogP contribution in [0.5, 0.6) is 0 Å². The summed E-state index contributed by atoms with van der Waals surface area (Å²) in [6, 6.07) is 0.605. The van der Waals surface area contributed by atoms with Crippen molar-refractivity contribution in [3.63, 3.8) is 0 Å². The first-order valence-electron chi connectivity index (χ1n) is 5.78. The van der Waals surface area contributed by atoms with Crippen LogP contribution in [-0.4, -0.2) is 36.5 Å². The highest BCUT2D eigenvalue weighted by Gasteiger charge is 2.45. The lowest BCUT2D eigenvalue weighted by molar-refractivity contribution is -0.132. The summed E-state index contributed by atoms with van der Waals surface area (Å²) >= 11 is 0. The summed E-state index contributed by atoms with van der Waals surface area (Å²) < 4.78 is 0. The molecule has 2 unspecified atom stereocenters. The molecule has 3 fully saturated rings. The maximum Gasteiger partial charge on any atom is 0.226 e. The Morgan fingerprint density at radius 1 is 1.43 bits per heavy atom. The van der Waals surface area contributed by atoms with Gasteiger partial charge in [0.05, 0.1) is 0 Å². The fourth-order valence-corrected chi connectivity index (χ4v) is 2.93. The summed E-state index contributed by atoms with van der Waals surface area (Å²) in [6.45, 7) is 5.31. The number of rotatable bonds is 1. The van der Waals surface area contributed by atoms with Gasteiger partial charge < -0.3 is 10.2 Å². The van der Waals surface area contributed by atoms with Crippen molar-refractivity contribution in [1.29, 1.82) is 0 Å². The lowest BCUT2D eigenvalue weighted by atomic mass is 10.1. The molecule has 0 aromatic rings. The predicted octanol–water partition coefficient (Wildman–Crippen LogP) is 0.463. The summed E-state index contributed by atoms with van der Waals surface area (Å²) in [7, 11) is 0. The van der Waals surface area contributed by atoms with Crippen LogP contribution < -0.4 is 5.32 Å². The molecule has 78 valence electrons. The normalized spacial score (nSPS) is 45.4. The van der Waals surface area contributed by atoms with Gasteiger partial charge in [0, 0.05) is 25.0 Å². The number of fused-ring (bicyclic) bond motifs is 1. The number of nitrogens with zero attached hydrogens (tertiary/aromatic N) is 1. The first-order chi connectivity index (χ1) is 6.75. The van der Waals surface area contributed by atoms with Crippen molar-refractivity contribution in [2.24, 2.45) is 17.8 Å². The third-order valence-electron chi connectivity index (χ3n) is 4.10. The van der Waals surface area contributed by atoms with Crippen LogP contribution in [0.4, 0.5) is 0 Å².